The summed E-state index contributed by atoms with van der Waals surface area (Å²) in [5.41, 5.74) is 0.644. The van der Waals surface area contributed by atoms with Crippen LogP contribution in [0.25, 0.3) is 0 Å². The van der Waals surface area contributed by atoms with Crippen LogP contribution in [0, 0.1) is 0 Å². The second kappa shape index (κ2) is 4.61. The van der Waals surface area contributed by atoms with Gasteiger partial charge in [-0.3, -0.25) is 4.79 Å². The normalized spacial score (nSPS) is 26.6. The molecule has 1 aromatic rings. The fourth-order valence-corrected chi connectivity index (χ4v) is 2.56. The van der Waals surface area contributed by atoms with Crippen LogP contribution in [0.1, 0.15) is 29.6 Å². The number of ketones is 1. The average Bonchev–Trinajstić information content (AvgIpc) is 2.91. The lowest BCUT2D eigenvalue weighted by Crippen LogP contribution is -2.36. The fraction of sp³-hybridized carbons (Fsp3) is 0.500. The Hall–Kier alpha value is -1.55. The molecule has 2 atom stereocenters. The molecule has 18 heavy (non-hydrogen) atoms. The van der Waals surface area contributed by atoms with Gasteiger partial charge in [0, 0.05) is 12.7 Å². The average molecular weight is 248 g/mol. The van der Waals surface area contributed by atoms with Crippen LogP contribution in [-0.2, 0) is 4.74 Å². The number of fused-ring (bicyclic) bond motifs is 1. The largest absolute Gasteiger partial charge is 0.497 e. The molecule has 0 radical (unpaired) electrons. The van der Waals surface area contributed by atoms with E-state index in [1.54, 1.807) is 25.3 Å². The molecule has 4 nitrogen and oxygen atoms in total. The molecule has 0 N–H and O–H groups in total. The van der Waals surface area contributed by atoms with Gasteiger partial charge >= 0.3 is 0 Å². The van der Waals surface area contributed by atoms with Gasteiger partial charge in [-0.15, -0.1) is 0 Å². The van der Waals surface area contributed by atoms with Crippen LogP contribution in [-0.4, -0.2) is 31.7 Å². The fourth-order valence-electron chi connectivity index (χ4n) is 2.56. The minimum absolute atomic E-state index is 0.0494. The number of Topliss-reactive ketones (excluding diaryl/α,β-unsaturated/α-hetero) is 1. The zero-order valence-electron chi connectivity index (χ0n) is 10.3. The van der Waals surface area contributed by atoms with Crippen molar-refractivity contribution in [2.75, 3.05) is 13.7 Å². The number of hydrogen-bond donors (Lipinski definition) is 0. The Kier molecular flexibility index (Phi) is 2.96. The first kappa shape index (κ1) is 11.5. The Balaban J connectivity index is 1.87. The van der Waals surface area contributed by atoms with E-state index in [9.17, 15) is 4.79 Å². The first-order valence-corrected chi connectivity index (χ1v) is 6.27. The van der Waals surface area contributed by atoms with Crippen LogP contribution in [0.4, 0.5) is 0 Å². The molecule has 0 saturated carbocycles. The second-order valence-electron chi connectivity index (χ2n) is 4.70. The number of methoxy groups -OCH3 is 1. The lowest BCUT2D eigenvalue weighted by atomic mass is 9.96. The van der Waals surface area contributed by atoms with Crippen molar-refractivity contribution in [3.63, 3.8) is 0 Å². The highest BCUT2D eigenvalue weighted by Crippen LogP contribution is 2.34. The molecular formula is C14H16O4. The SMILES string of the molecule is COc1ccc2c(c1)O[C@@H]([C@H]1CCCO1)CC2=O. The second-order valence-corrected chi connectivity index (χ2v) is 4.70. The number of benzene rings is 1. The van der Waals surface area contributed by atoms with E-state index >= 15 is 0 Å². The zero-order valence-corrected chi connectivity index (χ0v) is 10.3. The molecule has 0 amide bonds. The van der Waals surface area contributed by atoms with E-state index in [2.05, 4.69) is 0 Å². The van der Waals surface area contributed by atoms with Crippen molar-refractivity contribution in [1.82, 2.24) is 0 Å². The van der Waals surface area contributed by atoms with Gasteiger partial charge in [-0.2, -0.15) is 0 Å². The van der Waals surface area contributed by atoms with Gasteiger partial charge in [-0.05, 0) is 25.0 Å². The highest BCUT2D eigenvalue weighted by molar-refractivity contribution is 6.00. The summed E-state index contributed by atoms with van der Waals surface area (Å²) in [6, 6.07) is 5.32. The first-order valence-electron chi connectivity index (χ1n) is 6.27. The molecule has 2 aliphatic heterocycles. The summed E-state index contributed by atoms with van der Waals surface area (Å²) in [6.07, 6.45) is 2.32. The van der Waals surface area contributed by atoms with Crippen molar-refractivity contribution < 1.29 is 19.0 Å². The van der Waals surface area contributed by atoms with Crippen molar-refractivity contribution in [2.24, 2.45) is 0 Å². The molecule has 0 unspecified atom stereocenters. The van der Waals surface area contributed by atoms with Gasteiger partial charge in [0.2, 0.25) is 0 Å². The monoisotopic (exact) mass is 248 g/mol. The van der Waals surface area contributed by atoms with E-state index < -0.39 is 0 Å². The molecule has 0 bridgehead atoms. The van der Waals surface area contributed by atoms with Gasteiger partial charge in [0.1, 0.15) is 17.6 Å². The van der Waals surface area contributed by atoms with Gasteiger partial charge in [0.25, 0.3) is 0 Å². The van der Waals surface area contributed by atoms with E-state index in [1.165, 1.54) is 0 Å². The van der Waals surface area contributed by atoms with Crippen molar-refractivity contribution >= 4 is 5.78 Å². The smallest absolute Gasteiger partial charge is 0.170 e. The topological polar surface area (TPSA) is 44.8 Å². The summed E-state index contributed by atoms with van der Waals surface area (Å²) in [5, 5.41) is 0. The van der Waals surface area contributed by atoms with Crippen molar-refractivity contribution in [1.29, 1.82) is 0 Å². The molecule has 1 aromatic carbocycles. The van der Waals surface area contributed by atoms with Gasteiger partial charge in [-0.25, -0.2) is 0 Å². The van der Waals surface area contributed by atoms with Crippen LogP contribution in [0.15, 0.2) is 18.2 Å². The van der Waals surface area contributed by atoms with Gasteiger partial charge in [0.05, 0.1) is 25.2 Å². The Labute approximate surface area is 106 Å². The number of ether oxygens (including phenoxy) is 3. The molecular weight excluding hydrogens is 232 g/mol. The number of hydrogen-bond acceptors (Lipinski definition) is 4. The van der Waals surface area contributed by atoms with Gasteiger partial charge < -0.3 is 14.2 Å². The molecule has 1 fully saturated rings. The van der Waals surface area contributed by atoms with Crippen LogP contribution in [0.5, 0.6) is 11.5 Å². The maximum absolute atomic E-state index is 12.1. The molecule has 96 valence electrons. The molecule has 3 rings (SSSR count). The maximum Gasteiger partial charge on any atom is 0.170 e. The third-order valence-electron chi connectivity index (χ3n) is 3.53. The number of rotatable bonds is 2. The Bertz CT molecular complexity index is 463. The van der Waals surface area contributed by atoms with Gasteiger partial charge in [-0.1, -0.05) is 0 Å². The third kappa shape index (κ3) is 1.97. The molecule has 0 aliphatic carbocycles. The summed E-state index contributed by atoms with van der Waals surface area (Å²) in [5.74, 6) is 1.44. The highest BCUT2D eigenvalue weighted by atomic mass is 16.5. The Morgan fingerprint density at radius 2 is 2.22 bits per heavy atom. The molecule has 2 aliphatic rings. The summed E-state index contributed by atoms with van der Waals surface area (Å²) in [6.45, 7) is 0.768. The van der Waals surface area contributed by atoms with E-state index in [1.807, 2.05) is 0 Å². The van der Waals surface area contributed by atoms with E-state index in [0.29, 0.717) is 23.5 Å². The molecule has 4 heteroatoms. The zero-order chi connectivity index (χ0) is 12.5. The molecule has 2 heterocycles. The van der Waals surface area contributed by atoms with Crippen molar-refractivity contribution in [3.05, 3.63) is 23.8 Å². The maximum atomic E-state index is 12.1. The third-order valence-corrected chi connectivity index (χ3v) is 3.53. The lowest BCUT2D eigenvalue weighted by Gasteiger charge is -2.29. The molecule has 1 saturated heterocycles. The summed E-state index contributed by atoms with van der Waals surface area (Å²) < 4.78 is 16.7. The van der Waals surface area contributed by atoms with Crippen molar-refractivity contribution in [3.8, 4) is 11.5 Å². The highest BCUT2D eigenvalue weighted by Gasteiger charge is 2.34. The van der Waals surface area contributed by atoms with Crippen molar-refractivity contribution in [2.45, 2.75) is 31.5 Å². The predicted octanol–water partition coefficient (Wildman–Crippen LogP) is 2.21. The lowest BCUT2D eigenvalue weighted by molar-refractivity contribution is 0.00482. The van der Waals surface area contributed by atoms with Crippen LogP contribution in [0.3, 0.4) is 0 Å². The Morgan fingerprint density at radius 1 is 1.33 bits per heavy atom. The van der Waals surface area contributed by atoms with E-state index in [0.717, 1.165) is 19.4 Å². The molecule has 0 aromatic heterocycles. The Morgan fingerprint density at radius 3 is 2.94 bits per heavy atom. The summed E-state index contributed by atoms with van der Waals surface area (Å²) >= 11 is 0. The van der Waals surface area contributed by atoms with Crippen LogP contribution >= 0.6 is 0 Å². The summed E-state index contributed by atoms with van der Waals surface area (Å²) in [7, 11) is 1.60. The van der Waals surface area contributed by atoms with Crippen LogP contribution < -0.4 is 9.47 Å². The quantitative estimate of drug-likeness (QED) is 0.805. The number of carbonyl (C=O) groups excluding carboxylic acids is 1. The van der Waals surface area contributed by atoms with Gasteiger partial charge in [0.15, 0.2) is 5.78 Å². The summed E-state index contributed by atoms with van der Waals surface area (Å²) in [4.78, 5) is 12.1. The van der Waals surface area contributed by atoms with E-state index in [4.69, 9.17) is 14.2 Å². The molecule has 0 spiro atoms. The number of carbonyl (C=O) groups is 1. The predicted molar refractivity (Wildman–Crippen MR) is 65.3 cm³/mol. The first-order chi connectivity index (χ1) is 8.78. The minimum Gasteiger partial charge on any atom is -0.497 e. The minimum atomic E-state index is -0.153. The standard InChI is InChI=1S/C14H16O4/c1-16-9-4-5-10-11(15)8-14(18-13(10)7-9)12-3-2-6-17-12/h4-5,7,12,14H,2-3,6,8H2,1H3/t12-,14-/m1/s1. The van der Waals surface area contributed by atoms with Crippen LogP contribution in [0.2, 0.25) is 0 Å². The van der Waals surface area contributed by atoms with E-state index in [-0.39, 0.29) is 18.0 Å².